The average molecular weight is 345 g/mol. The number of rotatable bonds is 4. The number of amides is 1. The van der Waals surface area contributed by atoms with Crippen LogP contribution in [0.3, 0.4) is 0 Å². The van der Waals surface area contributed by atoms with Crippen LogP contribution in [0, 0.1) is 0 Å². The summed E-state index contributed by atoms with van der Waals surface area (Å²) in [5.74, 6) is 0.0324. The molecule has 6 nitrogen and oxygen atoms in total. The fourth-order valence-corrected chi connectivity index (χ4v) is 4.40. The maximum absolute atomic E-state index is 12.4. The van der Waals surface area contributed by atoms with Gasteiger partial charge in [-0.05, 0) is 43.7 Å². The first-order valence-electron chi connectivity index (χ1n) is 8.75. The van der Waals surface area contributed by atoms with Crippen LogP contribution in [0.15, 0.2) is 23.7 Å². The normalized spacial score (nSPS) is 22.2. The van der Waals surface area contributed by atoms with Crippen LogP contribution in [0.25, 0.3) is 0 Å². The first-order chi connectivity index (χ1) is 11.8. The molecule has 2 aliphatic rings. The van der Waals surface area contributed by atoms with E-state index < -0.39 is 0 Å². The Morgan fingerprint density at radius 3 is 2.92 bits per heavy atom. The van der Waals surface area contributed by atoms with E-state index in [2.05, 4.69) is 32.7 Å². The third-order valence-electron chi connectivity index (χ3n) is 4.94. The summed E-state index contributed by atoms with van der Waals surface area (Å²) in [5.41, 5.74) is 0.493. The van der Waals surface area contributed by atoms with Crippen LogP contribution < -0.4 is 0 Å². The summed E-state index contributed by atoms with van der Waals surface area (Å²) in [4.78, 5) is 18.2. The zero-order valence-corrected chi connectivity index (χ0v) is 14.6. The van der Waals surface area contributed by atoms with Gasteiger partial charge in [0.05, 0.1) is 12.2 Å². The number of hydrogen-bond donors (Lipinski definition) is 0. The molecule has 4 heterocycles. The minimum Gasteiger partial charge on any atom is -0.337 e. The fraction of sp³-hybridized carbons (Fsp3) is 0.588. The highest BCUT2D eigenvalue weighted by atomic mass is 32.1. The van der Waals surface area contributed by atoms with E-state index >= 15 is 0 Å². The lowest BCUT2D eigenvalue weighted by atomic mass is 10.1. The van der Waals surface area contributed by atoms with Gasteiger partial charge in [0.15, 0.2) is 5.69 Å². The summed E-state index contributed by atoms with van der Waals surface area (Å²) >= 11 is 1.81. The number of piperidine rings is 1. The zero-order chi connectivity index (χ0) is 16.4. The molecule has 0 aliphatic carbocycles. The number of thiophene rings is 1. The Bertz CT molecular complexity index is 677. The van der Waals surface area contributed by atoms with Crippen molar-refractivity contribution in [3.63, 3.8) is 0 Å². The van der Waals surface area contributed by atoms with E-state index in [0.717, 1.165) is 58.4 Å². The van der Waals surface area contributed by atoms with Crippen LogP contribution in [-0.2, 0) is 6.54 Å². The van der Waals surface area contributed by atoms with Crippen LogP contribution in [0.4, 0.5) is 0 Å². The summed E-state index contributed by atoms with van der Waals surface area (Å²) in [6.07, 6.45) is 6.30. The molecule has 2 aromatic rings. The highest BCUT2D eigenvalue weighted by Gasteiger charge is 2.26. The van der Waals surface area contributed by atoms with E-state index in [-0.39, 0.29) is 5.91 Å². The highest BCUT2D eigenvalue weighted by Crippen LogP contribution is 2.23. The van der Waals surface area contributed by atoms with Crippen molar-refractivity contribution in [2.45, 2.75) is 38.3 Å². The molecule has 128 valence electrons. The molecule has 2 saturated heterocycles. The molecule has 1 amide bonds. The van der Waals surface area contributed by atoms with Gasteiger partial charge in [0.2, 0.25) is 0 Å². The molecular weight excluding hydrogens is 322 g/mol. The maximum Gasteiger partial charge on any atom is 0.276 e. The number of likely N-dealkylation sites (tertiary alicyclic amines) is 2. The molecule has 0 radical (unpaired) electrons. The van der Waals surface area contributed by atoms with Crippen molar-refractivity contribution in [1.29, 1.82) is 0 Å². The van der Waals surface area contributed by atoms with E-state index in [1.165, 1.54) is 4.88 Å². The SMILES string of the molecule is O=C(c1cn(C2CCCN(Cc3cccs3)C2)nn1)N1CCCC1. The van der Waals surface area contributed by atoms with Gasteiger partial charge in [-0.2, -0.15) is 0 Å². The minimum atomic E-state index is 0.0324. The van der Waals surface area contributed by atoms with Crippen LogP contribution in [-0.4, -0.2) is 56.9 Å². The van der Waals surface area contributed by atoms with E-state index in [0.29, 0.717) is 11.7 Å². The monoisotopic (exact) mass is 345 g/mol. The Labute approximate surface area is 146 Å². The first kappa shape index (κ1) is 15.8. The molecule has 1 unspecified atom stereocenters. The number of hydrogen-bond acceptors (Lipinski definition) is 5. The maximum atomic E-state index is 12.4. The van der Waals surface area contributed by atoms with Crippen molar-refractivity contribution in [2.75, 3.05) is 26.2 Å². The van der Waals surface area contributed by atoms with Crippen LogP contribution in [0.5, 0.6) is 0 Å². The summed E-state index contributed by atoms with van der Waals surface area (Å²) in [7, 11) is 0. The Morgan fingerprint density at radius 2 is 2.12 bits per heavy atom. The summed E-state index contributed by atoms with van der Waals surface area (Å²) in [6, 6.07) is 4.61. The van der Waals surface area contributed by atoms with Crippen LogP contribution in [0.2, 0.25) is 0 Å². The topological polar surface area (TPSA) is 54.3 Å². The van der Waals surface area contributed by atoms with Crippen molar-refractivity contribution in [3.8, 4) is 0 Å². The molecule has 0 spiro atoms. The first-order valence-corrected chi connectivity index (χ1v) is 9.63. The van der Waals surface area contributed by atoms with Gasteiger partial charge in [0, 0.05) is 31.1 Å². The quantitative estimate of drug-likeness (QED) is 0.854. The van der Waals surface area contributed by atoms with Crippen molar-refractivity contribution in [1.82, 2.24) is 24.8 Å². The molecule has 2 aromatic heterocycles. The number of aromatic nitrogens is 3. The van der Waals surface area contributed by atoms with Crippen molar-refractivity contribution < 1.29 is 4.79 Å². The van der Waals surface area contributed by atoms with Crippen molar-refractivity contribution >= 4 is 17.2 Å². The predicted octanol–water partition coefficient (Wildman–Crippen LogP) is 2.41. The largest absolute Gasteiger partial charge is 0.337 e. The highest BCUT2D eigenvalue weighted by molar-refractivity contribution is 7.09. The predicted molar refractivity (Wildman–Crippen MR) is 93.0 cm³/mol. The van der Waals surface area contributed by atoms with Crippen LogP contribution in [0.1, 0.15) is 47.1 Å². The molecular formula is C17H23N5OS. The third-order valence-corrected chi connectivity index (χ3v) is 5.80. The molecule has 24 heavy (non-hydrogen) atoms. The minimum absolute atomic E-state index is 0.0324. The molecule has 2 aliphatic heterocycles. The second-order valence-electron chi connectivity index (χ2n) is 6.69. The second-order valence-corrected chi connectivity index (χ2v) is 7.73. The third kappa shape index (κ3) is 3.37. The van der Waals surface area contributed by atoms with E-state index in [1.54, 1.807) is 0 Å². The Balaban J connectivity index is 1.41. The van der Waals surface area contributed by atoms with Gasteiger partial charge in [0.25, 0.3) is 5.91 Å². The molecule has 2 fully saturated rings. The van der Waals surface area contributed by atoms with Gasteiger partial charge in [-0.3, -0.25) is 9.69 Å². The molecule has 0 N–H and O–H groups in total. The van der Waals surface area contributed by atoms with E-state index in [4.69, 9.17) is 0 Å². The molecule has 7 heteroatoms. The van der Waals surface area contributed by atoms with Gasteiger partial charge in [-0.25, -0.2) is 4.68 Å². The summed E-state index contributed by atoms with van der Waals surface area (Å²) < 4.78 is 1.91. The molecule has 0 aromatic carbocycles. The van der Waals surface area contributed by atoms with Gasteiger partial charge >= 0.3 is 0 Å². The van der Waals surface area contributed by atoms with Gasteiger partial charge in [0.1, 0.15) is 0 Å². The van der Waals surface area contributed by atoms with Gasteiger partial charge in [-0.15, -0.1) is 16.4 Å². The van der Waals surface area contributed by atoms with E-state index in [9.17, 15) is 4.79 Å². The molecule has 0 bridgehead atoms. The summed E-state index contributed by atoms with van der Waals surface area (Å²) in [6.45, 7) is 4.80. The van der Waals surface area contributed by atoms with Gasteiger partial charge in [-0.1, -0.05) is 11.3 Å². The second kappa shape index (κ2) is 7.03. The average Bonchev–Trinajstić information content (AvgIpc) is 3.36. The number of nitrogens with zero attached hydrogens (tertiary/aromatic N) is 5. The Hall–Kier alpha value is -1.73. The van der Waals surface area contributed by atoms with Crippen LogP contribution >= 0.6 is 11.3 Å². The van der Waals surface area contributed by atoms with Crippen molar-refractivity contribution in [2.24, 2.45) is 0 Å². The fourth-order valence-electron chi connectivity index (χ4n) is 3.65. The zero-order valence-electron chi connectivity index (χ0n) is 13.8. The molecule has 1 atom stereocenters. The smallest absolute Gasteiger partial charge is 0.276 e. The molecule has 0 saturated carbocycles. The number of carbonyl (C=O) groups excluding carboxylic acids is 1. The standard InChI is InChI=1S/C17H23N5OS/c23-17(21-8-1-2-9-21)16-13-22(19-18-16)14-5-3-7-20(11-14)12-15-6-4-10-24-15/h4,6,10,13-14H,1-3,5,7-9,11-12H2. The van der Waals surface area contributed by atoms with E-state index in [1.807, 2.05) is 27.1 Å². The Morgan fingerprint density at radius 1 is 1.25 bits per heavy atom. The summed E-state index contributed by atoms with van der Waals surface area (Å²) in [5, 5.41) is 10.5. The van der Waals surface area contributed by atoms with Gasteiger partial charge < -0.3 is 4.90 Å². The lowest BCUT2D eigenvalue weighted by Crippen LogP contribution is -2.36. The Kier molecular flexibility index (Phi) is 4.62. The lowest BCUT2D eigenvalue weighted by Gasteiger charge is -2.32. The van der Waals surface area contributed by atoms with Crippen molar-refractivity contribution in [3.05, 3.63) is 34.3 Å². The number of carbonyl (C=O) groups is 1. The molecule has 4 rings (SSSR count). The lowest BCUT2D eigenvalue weighted by molar-refractivity contribution is 0.0787.